The number of nitrogens with zero attached hydrogens (tertiary/aromatic N) is 2. The first-order chi connectivity index (χ1) is 6.51. The van der Waals surface area contributed by atoms with Gasteiger partial charge in [0.2, 0.25) is 5.89 Å². The highest BCUT2D eigenvalue weighted by Gasteiger charge is 2.43. The van der Waals surface area contributed by atoms with Crippen LogP contribution in [0.3, 0.4) is 0 Å². The monoisotopic (exact) mass is 195 g/mol. The molecule has 1 aliphatic rings. The summed E-state index contributed by atoms with van der Waals surface area (Å²) >= 11 is 0. The van der Waals surface area contributed by atoms with Gasteiger partial charge in [0.05, 0.1) is 5.54 Å². The number of nitrogens with two attached hydrogens (primary N) is 1. The molecule has 0 spiro atoms. The van der Waals surface area contributed by atoms with Gasteiger partial charge in [-0.1, -0.05) is 19.0 Å². The molecule has 0 amide bonds. The van der Waals surface area contributed by atoms with Crippen LogP contribution in [0.4, 0.5) is 0 Å². The van der Waals surface area contributed by atoms with Gasteiger partial charge in [0.25, 0.3) is 0 Å². The van der Waals surface area contributed by atoms with Crippen molar-refractivity contribution in [1.82, 2.24) is 10.1 Å². The summed E-state index contributed by atoms with van der Waals surface area (Å²) in [5, 5.41) is 3.93. The molecule has 4 heteroatoms. The summed E-state index contributed by atoms with van der Waals surface area (Å²) in [7, 11) is 0. The van der Waals surface area contributed by atoms with Gasteiger partial charge in [0.15, 0.2) is 5.82 Å². The van der Waals surface area contributed by atoms with Gasteiger partial charge in [-0.2, -0.15) is 4.98 Å². The number of aromatic nitrogens is 2. The molecule has 1 saturated carbocycles. The largest absolute Gasteiger partial charge is 0.337 e. The highest BCUT2D eigenvalue weighted by atomic mass is 16.5. The predicted molar refractivity (Wildman–Crippen MR) is 52.7 cm³/mol. The van der Waals surface area contributed by atoms with Crippen LogP contribution in [0, 0.1) is 5.92 Å². The topological polar surface area (TPSA) is 64.9 Å². The minimum absolute atomic E-state index is 0.294. The van der Waals surface area contributed by atoms with E-state index in [0.717, 1.165) is 5.82 Å². The first-order valence-electron chi connectivity index (χ1n) is 5.14. The smallest absolute Gasteiger partial charge is 0.246 e. The van der Waals surface area contributed by atoms with Gasteiger partial charge in [-0.3, -0.25) is 0 Å². The van der Waals surface area contributed by atoms with Gasteiger partial charge in [-0.25, -0.2) is 0 Å². The van der Waals surface area contributed by atoms with Gasteiger partial charge in [0, 0.05) is 5.92 Å². The molecule has 0 aliphatic heterocycles. The van der Waals surface area contributed by atoms with Crippen molar-refractivity contribution in [3.05, 3.63) is 11.7 Å². The fourth-order valence-corrected chi connectivity index (χ4v) is 1.55. The van der Waals surface area contributed by atoms with Crippen LogP contribution in [0.25, 0.3) is 0 Å². The van der Waals surface area contributed by atoms with E-state index in [1.165, 1.54) is 12.8 Å². The van der Waals surface area contributed by atoms with Crippen LogP contribution in [0.1, 0.15) is 51.2 Å². The quantitative estimate of drug-likeness (QED) is 0.798. The number of hydrogen-bond acceptors (Lipinski definition) is 4. The van der Waals surface area contributed by atoms with Crippen LogP contribution < -0.4 is 5.73 Å². The first-order valence-corrected chi connectivity index (χ1v) is 5.14. The molecule has 1 atom stereocenters. The van der Waals surface area contributed by atoms with Gasteiger partial charge < -0.3 is 10.3 Å². The second-order valence-electron chi connectivity index (χ2n) is 4.67. The predicted octanol–water partition coefficient (Wildman–Crippen LogP) is 1.78. The van der Waals surface area contributed by atoms with Crippen molar-refractivity contribution >= 4 is 0 Å². The Morgan fingerprint density at radius 3 is 2.57 bits per heavy atom. The third-order valence-corrected chi connectivity index (χ3v) is 2.84. The number of hydrogen-bond donors (Lipinski definition) is 1. The van der Waals surface area contributed by atoms with E-state index >= 15 is 0 Å². The van der Waals surface area contributed by atoms with E-state index in [2.05, 4.69) is 10.1 Å². The standard InChI is InChI=1S/C10H17N3O/c1-6(2)8-12-9(14-13-8)10(3,11)7-4-5-7/h6-7H,4-5,11H2,1-3H3. The van der Waals surface area contributed by atoms with E-state index in [4.69, 9.17) is 10.3 Å². The van der Waals surface area contributed by atoms with E-state index < -0.39 is 5.54 Å². The molecule has 1 aliphatic carbocycles. The summed E-state index contributed by atoms with van der Waals surface area (Å²) < 4.78 is 5.21. The van der Waals surface area contributed by atoms with E-state index in [-0.39, 0.29) is 0 Å². The minimum Gasteiger partial charge on any atom is -0.337 e. The maximum absolute atomic E-state index is 6.16. The first kappa shape index (κ1) is 9.65. The lowest BCUT2D eigenvalue weighted by Crippen LogP contribution is -2.35. The molecule has 14 heavy (non-hydrogen) atoms. The molecule has 0 saturated heterocycles. The van der Waals surface area contributed by atoms with Crippen LogP contribution in [0.15, 0.2) is 4.52 Å². The zero-order valence-corrected chi connectivity index (χ0v) is 8.95. The van der Waals surface area contributed by atoms with Gasteiger partial charge in [-0.15, -0.1) is 0 Å². The van der Waals surface area contributed by atoms with Crippen LogP contribution in [-0.4, -0.2) is 10.1 Å². The molecule has 1 fully saturated rings. The average Bonchev–Trinajstić information content (AvgIpc) is 2.82. The lowest BCUT2D eigenvalue weighted by molar-refractivity contribution is 0.272. The normalized spacial score (nSPS) is 21.2. The summed E-state index contributed by atoms with van der Waals surface area (Å²) in [6.07, 6.45) is 2.35. The highest BCUT2D eigenvalue weighted by molar-refractivity contribution is 5.08. The molecule has 1 aromatic heterocycles. The molecular formula is C10H17N3O. The Bertz CT molecular complexity index is 326. The summed E-state index contributed by atoms with van der Waals surface area (Å²) in [5.74, 6) is 2.14. The highest BCUT2D eigenvalue weighted by Crippen LogP contribution is 2.43. The third kappa shape index (κ3) is 1.54. The molecule has 0 bridgehead atoms. The zero-order chi connectivity index (χ0) is 10.3. The second kappa shape index (κ2) is 3.05. The fourth-order valence-electron chi connectivity index (χ4n) is 1.55. The molecule has 2 N–H and O–H groups in total. The number of rotatable bonds is 3. The fraction of sp³-hybridized carbons (Fsp3) is 0.800. The van der Waals surface area contributed by atoms with Crippen molar-refractivity contribution in [2.45, 2.75) is 45.1 Å². The lowest BCUT2D eigenvalue weighted by Gasteiger charge is -2.18. The maximum atomic E-state index is 6.16. The Hall–Kier alpha value is -0.900. The average molecular weight is 195 g/mol. The molecule has 2 rings (SSSR count). The van der Waals surface area contributed by atoms with E-state index in [1.54, 1.807) is 0 Å². The van der Waals surface area contributed by atoms with Crippen molar-refractivity contribution in [1.29, 1.82) is 0 Å². The molecule has 4 nitrogen and oxygen atoms in total. The van der Waals surface area contributed by atoms with Crippen LogP contribution in [-0.2, 0) is 5.54 Å². The van der Waals surface area contributed by atoms with Crippen molar-refractivity contribution < 1.29 is 4.52 Å². The molecule has 1 heterocycles. The second-order valence-corrected chi connectivity index (χ2v) is 4.67. The Morgan fingerprint density at radius 1 is 1.50 bits per heavy atom. The molecule has 0 aromatic carbocycles. The Balaban J connectivity index is 2.23. The Kier molecular flexibility index (Phi) is 2.10. The minimum atomic E-state index is -0.430. The molecule has 1 unspecified atom stereocenters. The Labute approximate surface area is 83.9 Å². The zero-order valence-electron chi connectivity index (χ0n) is 8.95. The molecule has 0 radical (unpaired) electrons. The summed E-state index contributed by atoms with van der Waals surface area (Å²) in [4.78, 5) is 4.34. The van der Waals surface area contributed by atoms with Crippen molar-refractivity contribution in [3.8, 4) is 0 Å². The molecule has 1 aromatic rings. The SMILES string of the molecule is CC(C)c1noc(C(C)(N)C2CC2)n1. The van der Waals surface area contributed by atoms with Gasteiger partial charge in [0.1, 0.15) is 0 Å². The summed E-state index contributed by atoms with van der Waals surface area (Å²) in [6.45, 7) is 6.06. The van der Waals surface area contributed by atoms with Crippen molar-refractivity contribution in [3.63, 3.8) is 0 Å². The van der Waals surface area contributed by atoms with Crippen LogP contribution in [0.2, 0.25) is 0 Å². The molecule has 78 valence electrons. The lowest BCUT2D eigenvalue weighted by atomic mass is 9.97. The van der Waals surface area contributed by atoms with Gasteiger partial charge in [-0.05, 0) is 25.7 Å². The van der Waals surface area contributed by atoms with E-state index in [0.29, 0.717) is 17.7 Å². The van der Waals surface area contributed by atoms with E-state index in [1.807, 2.05) is 20.8 Å². The summed E-state index contributed by atoms with van der Waals surface area (Å²) in [6, 6.07) is 0. The maximum Gasteiger partial charge on any atom is 0.246 e. The molecular weight excluding hydrogens is 178 g/mol. The third-order valence-electron chi connectivity index (χ3n) is 2.84. The van der Waals surface area contributed by atoms with Gasteiger partial charge >= 0.3 is 0 Å². The van der Waals surface area contributed by atoms with Crippen molar-refractivity contribution in [2.24, 2.45) is 11.7 Å². The van der Waals surface area contributed by atoms with E-state index in [9.17, 15) is 0 Å². The van der Waals surface area contributed by atoms with Crippen molar-refractivity contribution in [2.75, 3.05) is 0 Å². The summed E-state index contributed by atoms with van der Waals surface area (Å²) in [5.41, 5.74) is 5.73. The van der Waals surface area contributed by atoms with Crippen LogP contribution in [0.5, 0.6) is 0 Å². The van der Waals surface area contributed by atoms with Crippen LogP contribution >= 0.6 is 0 Å². The Morgan fingerprint density at radius 2 is 2.14 bits per heavy atom.